The van der Waals surface area contributed by atoms with E-state index in [4.69, 9.17) is 11.6 Å². The number of hydrogen-bond acceptors (Lipinski definition) is 5. The van der Waals surface area contributed by atoms with Gasteiger partial charge >= 0.3 is 0 Å². The SMILES string of the molecule is CCN1C(=O)C2(SC(NC(C)=O)=NN2C(C)=O)c2c(Cl)ccc(C)c21. The number of likely N-dealkylation sites (N-methyl/N-ethyl adjacent to an activating group) is 1. The molecule has 9 heteroatoms. The average Bonchev–Trinajstić information content (AvgIpc) is 3.01. The number of nitrogens with one attached hydrogen (secondary N) is 1. The van der Waals surface area contributed by atoms with Gasteiger partial charge in [-0.05, 0) is 37.2 Å². The van der Waals surface area contributed by atoms with E-state index < -0.39 is 10.8 Å². The van der Waals surface area contributed by atoms with Crippen molar-refractivity contribution in [1.82, 2.24) is 10.3 Å². The molecule has 2 aliphatic rings. The number of hydrogen-bond donors (Lipinski definition) is 1. The lowest BCUT2D eigenvalue weighted by atomic mass is 10.0. The Balaban J connectivity index is 2.26. The second kappa shape index (κ2) is 6.03. The largest absolute Gasteiger partial charge is 0.309 e. The summed E-state index contributed by atoms with van der Waals surface area (Å²) in [5.74, 6) is -1.05. The van der Waals surface area contributed by atoms with Gasteiger partial charge in [-0.1, -0.05) is 17.7 Å². The Morgan fingerprint density at radius 3 is 2.60 bits per heavy atom. The van der Waals surface area contributed by atoms with Crippen LogP contribution in [0.5, 0.6) is 0 Å². The van der Waals surface area contributed by atoms with Gasteiger partial charge in [0.25, 0.3) is 5.91 Å². The summed E-state index contributed by atoms with van der Waals surface area (Å²) in [7, 11) is 0. The van der Waals surface area contributed by atoms with Crippen molar-refractivity contribution < 1.29 is 14.4 Å². The number of hydrazone groups is 1. The molecule has 2 aliphatic heterocycles. The summed E-state index contributed by atoms with van der Waals surface area (Å²) in [6.07, 6.45) is 0. The molecule has 1 aromatic carbocycles. The number of carbonyl (C=O) groups is 3. The molecule has 0 saturated heterocycles. The van der Waals surface area contributed by atoms with Crippen LogP contribution in [-0.4, -0.2) is 34.4 Å². The summed E-state index contributed by atoms with van der Waals surface area (Å²) >= 11 is 7.48. The Kier molecular flexibility index (Phi) is 4.28. The Bertz CT molecular complexity index is 841. The number of fused-ring (bicyclic) bond motifs is 2. The third kappa shape index (κ3) is 2.43. The van der Waals surface area contributed by atoms with Gasteiger partial charge in [-0.25, -0.2) is 0 Å². The maximum Gasteiger partial charge on any atom is 0.270 e. The molecule has 1 aromatic rings. The molecule has 3 amide bonds. The molecule has 1 spiro atoms. The highest BCUT2D eigenvalue weighted by Crippen LogP contribution is 2.57. The van der Waals surface area contributed by atoms with Crippen LogP contribution in [0.15, 0.2) is 17.2 Å². The fraction of sp³-hybridized carbons (Fsp3) is 0.375. The zero-order valence-corrected chi connectivity index (χ0v) is 15.8. The first kappa shape index (κ1) is 17.8. The van der Waals surface area contributed by atoms with Crippen LogP contribution in [0, 0.1) is 6.92 Å². The van der Waals surface area contributed by atoms with Crippen LogP contribution in [0.25, 0.3) is 0 Å². The average molecular weight is 381 g/mol. The van der Waals surface area contributed by atoms with Crippen molar-refractivity contribution in [2.24, 2.45) is 5.10 Å². The summed E-state index contributed by atoms with van der Waals surface area (Å²) in [6, 6.07) is 3.54. The first-order valence-corrected chi connectivity index (χ1v) is 8.91. The van der Waals surface area contributed by atoms with E-state index in [1.54, 1.807) is 11.0 Å². The topological polar surface area (TPSA) is 82.1 Å². The zero-order chi connectivity index (χ0) is 18.5. The molecule has 132 valence electrons. The summed E-state index contributed by atoms with van der Waals surface area (Å²) in [5, 5.41) is 8.43. The molecule has 0 aromatic heterocycles. The lowest BCUT2D eigenvalue weighted by Gasteiger charge is -2.29. The van der Waals surface area contributed by atoms with E-state index in [9.17, 15) is 14.4 Å². The molecule has 0 bridgehead atoms. The number of anilines is 1. The predicted octanol–water partition coefficient (Wildman–Crippen LogP) is 2.17. The Labute approximate surface area is 154 Å². The fourth-order valence-electron chi connectivity index (χ4n) is 3.18. The first-order valence-electron chi connectivity index (χ1n) is 7.71. The molecular formula is C16H17ClN4O3S. The summed E-state index contributed by atoms with van der Waals surface area (Å²) in [5.41, 5.74) is 2.10. The van der Waals surface area contributed by atoms with Crippen molar-refractivity contribution in [3.05, 3.63) is 28.3 Å². The smallest absolute Gasteiger partial charge is 0.270 e. The number of amides is 3. The van der Waals surface area contributed by atoms with Crippen molar-refractivity contribution in [2.75, 3.05) is 11.4 Å². The fourth-order valence-corrected chi connectivity index (χ4v) is 4.89. The van der Waals surface area contributed by atoms with Crippen molar-refractivity contribution in [2.45, 2.75) is 32.6 Å². The Hall–Kier alpha value is -2.06. The number of rotatable bonds is 1. The highest BCUT2D eigenvalue weighted by molar-refractivity contribution is 8.15. The number of amidine groups is 1. The van der Waals surface area contributed by atoms with E-state index in [-0.39, 0.29) is 17.0 Å². The van der Waals surface area contributed by atoms with Crippen LogP contribution in [-0.2, 0) is 19.3 Å². The van der Waals surface area contributed by atoms with E-state index in [1.807, 2.05) is 19.9 Å². The molecule has 1 N–H and O–H groups in total. The molecule has 25 heavy (non-hydrogen) atoms. The number of nitrogens with zero attached hydrogens (tertiary/aromatic N) is 3. The summed E-state index contributed by atoms with van der Waals surface area (Å²) < 4.78 is 0. The van der Waals surface area contributed by atoms with Crippen molar-refractivity contribution in [1.29, 1.82) is 0 Å². The molecule has 1 unspecified atom stereocenters. The van der Waals surface area contributed by atoms with Crippen LogP contribution in [0.2, 0.25) is 5.02 Å². The monoisotopic (exact) mass is 380 g/mol. The molecular weight excluding hydrogens is 364 g/mol. The van der Waals surface area contributed by atoms with Crippen molar-refractivity contribution >= 4 is 51.9 Å². The van der Waals surface area contributed by atoms with Gasteiger partial charge in [0.2, 0.25) is 16.7 Å². The maximum absolute atomic E-state index is 13.3. The highest BCUT2D eigenvalue weighted by atomic mass is 35.5. The molecule has 0 saturated carbocycles. The third-order valence-electron chi connectivity index (χ3n) is 4.10. The van der Waals surface area contributed by atoms with Crippen LogP contribution in [0.3, 0.4) is 0 Å². The van der Waals surface area contributed by atoms with Gasteiger partial charge in [0.15, 0.2) is 5.17 Å². The van der Waals surface area contributed by atoms with Crippen LogP contribution in [0.4, 0.5) is 5.69 Å². The van der Waals surface area contributed by atoms with E-state index in [0.29, 0.717) is 22.8 Å². The third-order valence-corrected chi connectivity index (χ3v) is 5.64. The number of carbonyl (C=O) groups excluding carboxylic acids is 3. The summed E-state index contributed by atoms with van der Waals surface area (Å²) in [4.78, 5) is 37.2. The Morgan fingerprint density at radius 1 is 1.36 bits per heavy atom. The Morgan fingerprint density at radius 2 is 2.04 bits per heavy atom. The van der Waals surface area contributed by atoms with Crippen LogP contribution >= 0.6 is 23.4 Å². The van der Waals surface area contributed by atoms with Crippen molar-refractivity contribution in [3.8, 4) is 0 Å². The first-order chi connectivity index (χ1) is 11.7. The molecule has 1 atom stereocenters. The predicted molar refractivity (Wildman–Crippen MR) is 97.3 cm³/mol. The van der Waals surface area contributed by atoms with Crippen LogP contribution in [0.1, 0.15) is 31.9 Å². The standard InChI is InChI=1S/C16H17ClN4O3S/c1-5-20-13-8(2)6-7-11(17)12(13)16(14(20)24)21(10(4)23)19-15(25-16)18-9(3)22/h6-7H,5H2,1-4H3,(H,18,19,22). The molecule has 3 rings (SSSR count). The molecule has 0 aliphatic carbocycles. The van der Waals surface area contributed by atoms with Gasteiger partial charge in [-0.2, -0.15) is 5.01 Å². The number of aryl methyl sites for hydroxylation is 1. The number of benzene rings is 1. The van der Waals surface area contributed by atoms with E-state index >= 15 is 0 Å². The van der Waals surface area contributed by atoms with E-state index in [0.717, 1.165) is 22.3 Å². The van der Waals surface area contributed by atoms with E-state index in [1.165, 1.54) is 13.8 Å². The maximum atomic E-state index is 13.3. The van der Waals surface area contributed by atoms with Crippen molar-refractivity contribution in [3.63, 3.8) is 0 Å². The lowest BCUT2D eigenvalue weighted by Crippen LogP contribution is -2.48. The van der Waals surface area contributed by atoms with Gasteiger partial charge in [0, 0.05) is 31.0 Å². The minimum atomic E-state index is -1.43. The normalized spacial score (nSPS) is 21.6. The van der Waals surface area contributed by atoms with Gasteiger partial charge < -0.3 is 10.2 Å². The van der Waals surface area contributed by atoms with E-state index in [2.05, 4.69) is 10.4 Å². The quantitative estimate of drug-likeness (QED) is 0.809. The minimum absolute atomic E-state index is 0.192. The second-order valence-electron chi connectivity index (χ2n) is 5.80. The summed E-state index contributed by atoms with van der Waals surface area (Å²) in [6.45, 7) is 6.84. The molecule has 0 fully saturated rings. The zero-order valence-electron chi connectivity index (χ0n) is 14.2. The molecule has 2 heterocycles. The lowest BCUT2D eigenvalue weighted by molar-refractivity contribution is -0.139. The van der Waals surface area contributed by atoms with Gasteiger partial charge in [-0.3, -0.25) is 14.4 Å². The minimum Gasteiger partial charge on any atom is -0.309 e. The molecule has 0 radical (unpaired) electrons. The second-order valence-corrected chi connectivity index (χ2v) is 7.39. The highest BCUT2D eigenvalue weighted by Gasteiger charge is 2.62. The molecule has 7 nitrogen and oxygen atoms in total. The van der Waals surface area contributed by atoms with Gasteiger partial charge in [0.05, 0.1) is 5.69 Å². The van der Waals surface area contributed by atoms with Gasteiger partial charge in [-0.15, -0.1) is 5.10 Å². The number of halogens is 1. The van der Waals surface area contributed by atoms with Gasteiger partial charge in [0.1, 0.15) is 0 Å². The number of thioether (sulfide) groups is 1. The van der Waals surface area contributed by atoms with Crippen LogP contribution < -0.4 is 10.2 Å².